The second-order valence-corrected chi connectivity index (χ2v) is 5.76. The summed E-state index contributed by atoms with van der Waals surface area (Å²) in [7, 11) is 0. The van der Waals surface area contributed by atoms with Crippen LogP contribution in [-0.4, -0.2) is 16.5 Å². The molecule has 0 fully saturated rings. The van der Waals surface area contributed by atoms with Crippen LogP contribution in [0.3, 0.4) is 0 Å². The first-order chi connectivity index (χ1) is 10.2. The lowest BCUT2D eigenvalue weighted by Crippen LogP contribution is -2.08. The molecular weight excluding hydrogens is 352 g/mol. The minimum absolute atomic E-state index is 0.663. The van der Waals surface area contributed by atoms with Crippen molar-refractivity contribution < 1.29 is 0 Å². The Kier molecular flexibility index (Phi) is 5.82. The topological polar surface area (TPSA) is 49.8 Å². The third-order valence-corrected chi connectivity index (χ3v) is 4.44. The Bertz CT molecular complexity index is 619. The first-order valence-corrected chi connectivity index (χ1v) is 8.13. The summed E-state index contributed by atoms with van der Waals surface area (Å²) in [6, 6.07) is 5.70. The Balaban J connectivity index is 2.33. The molecule has 0 radical (unpaired) electrons. The van der Waals surface area contributed by atoms with Crippen LogP contribution >= 0.6 is 27.5 Å². The molecule has 2 aromatic rings. The van der Waals surface area contributed by atoms with Crippen LogP contribution in [0, 0.1) is 0 Å². The fraction of sp³-hybridized carbons (Fsp3) is 0.333. The molecule has 2 N–H and O–H groups in total. The SMILES string of the molecule is CCCNc1ncnc(Nc2cccc(Cl)c2Br)c1CC. The Morgan fingerprint density at radius 2 is 1.95 bits per heavy atom. The lowest BCUT2D eigenvalue weighted by Gasteiger charge is -2.15. The Morgan fingerprint density at radius 3 is 2.67 bits per heavy atom. The standard InChI is InChI=1S/C15H18BrClN4/c1-3-8-18-14-10(4-2)15(20-9-19-14)21-12-7-5-6-11(17)13(12)16/h5-7,9H,3-4,8H2,1-2H3,(H2,18,19,20,21). The molecule has 1 aromatic heterocycles. The molecule has 0 aliphatic rings. The van der Waals surface area contributed by atoms with Crippen molar-refractivity contribution in [2.75, 3.05) is 17.2 Å². The summed E-state index contributed by atoms with van der Waals surface area (Å²) in [6.45, 7) is 5.11. The maximum Gasteiger partial charge on any atom is 0.139 e. The summed E-state index contributed by atoms with van der Waals surface area (Å²) >= 11 is 9.61. The minimum Gasteiger partial charge on any atom is -0.370 e. The van der Waals surface area contributed by atoms with E-state index in [9.17, 15) is 0 Å². The number of aromatic nitrogens is 2. The van der Waals surface area contributed by atoms with Crippen LogP contribution in [0.4, 0.5) is 17.3 Å². The van der Waals surface area contributed by atoms with Crippen molar-refractivity contribution in [2.45, 2.75) is 26.7 Å². The Morgan fingerprint density at radius 1 is 1.19 bits per heavy atom. The number of nitrogens with one attached hydrogen (secondary N) is 2. The van der Waals surface area contributed by atoms with Gasteiger partial charge in [-0.15, -0.1) is 0 Å². The van der Waals surface area contributed by atoms with Gasteiger partial charge < -0.3 is 10.6 Å². The van der Waals surface area contributed by atoms with Crippen LogP contribution in [0.5, 0.6) is 0 Å². The number of anilines is 3. The molecule has 1 heterocycles. The van der Waals surface area contributed by atoms with E-state index in [1.165, 1.54) is 0 Å². The number of rotatable bonds is 6. The molecule has 6 heteroatoms. The van der Waals surface area contributed by atoms with Crippen molar-refractivity contribution in [2.24, 2.45) is 0 Å². The lowest BCUT2D eigenvalue weighted by molar-refractivity contribution is 0.949. The zero-order chi connectivity index (χ0) is 15.2. The van der Waals surface area contributed by atoms with Gasteiger partial charge in [0, 0.05) is 12.1 Å². The average Bonchev–Trinajstić information content (AvgIpc) is 2.50. The van der Waals surface area contributed by atoms with Crippen LogP contribution in [-0.2, 0) is 6.42 Å². The van der Waals surface area contributed by atoms with Gasteiger partial charge in [-0.05, 0) is 40.9 Å². The van der Waals surface area contributed by atoms with Crippen molar-refractivity contribution in [3.63, 3.8) is 0 Å². The normalized spacial score (nSPS) is 10.5. The highest BCUT2D eigenvalue weighted by atomic mass is 79.9. The number of nitrogens with zero attached hydrogens (tertiary/aromatic N) is 2. The first-order valence-electron chi connectivity index (χ1n) is 6.96. The van der Waals surface area contributed by atoms with Gasteiger partial charge in [0.2, 0.25) is 0 Å². The molecule has 4 nitrogen and oxygen atoms in total. The molecule has 112 valence electrons. The lowest BCUT2D eigenvalue weighted by atomic mass is 10.2. The number of hydrogen-bond acceptors (Lipinski definition) is 4. The van der Waals surface area contributed by atoms with Gasteiger partial charge in [0.1, 0.15) is 18.0 Å². The summed E-state index contributed by atoms with van der Waals surface area (Å²) in [5, 5.41) is 7.33. The van der Waals surface area contributed by atoms with E-state index in [0.29, 0.717) is 5.02 Å². The Hall–Kier alpha value is -1.33. The number of hydrogen-bond donors (Lipinski definition) is 2. The van der Waals surface area contributed by atoms with E-state index in [2.05, 4.69) is 50.4 Å². The summed E-state index contributed by atoms with van der Waals surface area (Å²) in [4.78, 5) is 8.69. The van der Waals surface area contributed by atoms with Crippen LogP contribution in [0.15, 0.2) is 29.0 Å². The summed E-state index contributed by atoms with van der Waals surface area (Å²) in [5.74, 6) is 1.68. The monoisotopic (exact) mass is 368 g/mol. The minimum atomic E-state index is 0.663. The number of benzene rings is 1. The molecule has 0 aliphatic heterocycles. The molecule has 0 bridgehead atoms. The van der Waals surface area contributed by atoms with E-state index in [0.717, 1.165) is 46.7 Å². The first kappa shape index (κ1) is 16.0. The molecule has 0 amide bonds. The molecule has 0 spiro atoms. The van der Waals surface area contributed by atoms with Crippen molar-refractivity contribution in [1.29, 1.82) is 0 Å². The largest absolute Gasteiger partial charge is 0.370 e. The molecule has 1 aromatic carbocycles. The van der Waals surface area contributed by atoms with E-state index in [1.54, 1.807) is 6.33 Å². The highest BCUT2D eigenvalue weighted by Gasteiger charge is 2.11. The van der Waals surface area contributed by atoms with Gasteiger partial charge in [-0.1, -0.05) is 31.5 Å². The van der Waals surface area contributed by atoms with E-state index >= 15 is 0 Å². The predicted octanol–water partition coefficient (Wildman–Crippen LogP) is 5.02. The summed E-state index contributed by atoms with van der Waals surface area (Å²) in [5.41, 5.74) is 1.95. The molecular formula is C15H18BrClN4. The molecule has 0 saturated carbocycles. The highest BCUT2D eigenvalue weighted by molar-refractivity contribution is 9.10. The van der Waals surface area contributed by atoms with Crippen molar-refractivity contribution in [3.05, 3.63) is 39.6 Å². The predicted molar refractivity (Wildman–Crippen MR) is 92.6 cm³/mol. The molecule has 0 saturated heterocycles. The molecule has 0 unspecified atom stereocenters. The van der Waals surface area contributed by atoms with Crippen LogP contribution in [0.1, 0.15) is 25.8 Å². The van der Waals surface area contributed by atoms with Gasteiger partial charge in [0.15, 0.2) is 0 Å². The van der Waals surface area contributed by atoms with Crippen LogP contribution in [0.25, 0.3) is 0 Å². The van der Waals surface area contributed by atoms with Gasteiger partial charge in [-0.2, -0.15) is 0 Å². The fourth-order valence-electron chi connectivity index (χ4n) is 1.98. The van der Waals surface area contributed by atoms with Gasteiger partial charge in [-0.25, -0.2) is 9.97 Å². The maximum atomic E-state index is 6.12. The van der Waals surface area contributed by atoms with Crippen LogP contribution in [0.2, 0.25) is 5.02 Å². The Labute approximate surface area is 138 Å². The van der Waals surface area contributed by atoms with Crippen molar-refractivity contribution in [1.82, 2.24) is 9.97 Å². The molecule has 21 heavy (non-hydrogen) atoms. The van der Waals surface area contributed by atoms with Crippen molar-refractivity contribution in [3.8, 4) is 0 Å². The molecule has 0 atom stereocenters. The smallest absolute Gasteiger partial charge is 0.139 e. The third-order valence-electron chi connectivity index (χ3n) is 3.05. The van der Waals surface area contributed by atoms with E-state index in [4.69, 9.17) is 11.6 Å². The third kappa shape index (κ3) is 3.86. The van der Waals surface area contributed by atoms with E-state index in [-0.39, 0.29) is 0 Å². The van der Waals surface area contributed by atoms with Gasteiger partial charge >= 0.3 is 0 Å². The molecule has 0 aliphatic carbocycles. The maximum absolute atomic E-state index is 6.12. The average molecular weight is 370 g/mol. The van der Waals surface area contributed by atoms with E-state index in [1.807, 2.05) is 18.2 Å². The quantitative estimate of drug-likeness (QED) is 0.750. The van der Waals surface area contributed by atoms with E-state index < -0.39 is 0 Å². The zero-order valence-electron chi connectivity index (χ0n) is 12.1. The number of halogens is 2. The zero-order valence-corrected chi connectivity index (χ0v) is 14.4. The highest BCUT2D eigenvalue weighted by Crippen LogP contribution is 2.33. The van der Waals surface area contributed by atoms with Gasteiger partial charge in [0.25, 0.3) is 0 Å². The van der Waals surface area contributed by atoms with Crippen molar-refractivity contribution >= 4 is 44.9 Å². The fourth-order valence-corrected chi connectivity index (χ4v) is 2.52. The second kappa shape index (κ2) is 7.61. The summed E-state index contributed by atoms with van der Waals surface area (Å²) < 4.78 is 0.829. The van der Waals surface area contributed by atoms with Gasteiger partial charge in [-0.3, -0.25) is 0 Å². The van der Waals surface area contributed by atoms with Gasteiger partial charge in [0.05, 0.1) is 15.2 Å². The van der Waals surface area contributed by atoms with Crippen LogP contribution < -0.4 is 10.6 Å². The molecule has 2 rings (SSSR count). The summed E-state index contributed by atoms with van der Waals surface area (Å²) in [6.07, 6.45) is 3.46. The second-order valence-electron chi connectivity index (χ2n) is 4.56.